The van der Waals surface area contributed by atoms with Gasteiger partial charge in [0.1, 0.15) is 5.82 Å². The average molecular weight is 296 g/mol. The minimum absolute atomic E-state index is 0.0212. The standard InChI is InChI=1S/C14H21FN4O2/c1-2-6-18-13(20)5-7-17-9-11-4-3-10(8-12(11)15)14(16)19-21/h3-4,8,17,21H,2,5-7,9H2,1H3,(H2,16,19)(H,18,20). The Morgan fingerprint density at radius 3 is 2.81 bits per heavy atom. The predicted molar refractivity (Wildman–Crippen MR) is 78.5 cm³/mol. The summed E-state index contributed by atoms with van der Waals surface area (Å²) in [6, 6.07) is 4.34. The fourth-order valence-electron chi connectivity index (χ4n) is 1.69. The Morgan fingerprint density at radius 1 is 1.43 bits per heavy atom. The van der Waals surface area contributed by atoms with E-state index in [9.17, 15) is 9.18 Å². The van der Waals surface area contributed by atoms with Gasteiger partial charge in [0.25, 0.3) is 0 Å². The van der Waals surface area contributed by atoms with Gasteiger partial charge in [-0.25, -0.2) is 4.39 Å². The Hall–Kier alpha value is -2.15. The molecule has 116 valence electrons. The molecule has 0 aliphatic heterocycles. The quantitative estimate of drug-likeness (QED) is 0.188. The fourth-order valence-corrected chi connectivity index (χ4v) is 1.69. The SMILES string of the molecule is CCCNC(=O)CCNCc1ccc(C(N)=NO)cc1F. The summed E-state index contributed by atoms with van der Waals surface area (Å²) in [7, 11) is 0. The Kier molecular flexibility index (Phi) is 7.17. The molecule has 0 radical (unpaired) electrons. The van der Waals surface area contributed by atoms with Crippen molar-refractivity contribution in [3.63, 3.8) is 0 Å². The molecule has 0 unspecified atom stereocenters. The zero-order chi connectivity index (χ0) is 15.7. The summed E-state index contributed by atoms with van der Waals surface area (Å²) in [6.07, 6.45) is 1.25. The molecule has 0 bridgehead atoms. The lowest BCUT2D eigenvalue weighted by molar-refractivity contribution is -0.120. The number of amidine groups is 1. The number of rotatable bonds is 8. The molecule has 1 amide bonds. The third-order valence-corrected chi connectivity index (χ3v) is 2.87. The van der Waals surface area contributed by atoms with Gasteiger partial charge in [-0.1, -0.05) is 24.2 Å². The van der Waals surface area contributed by atoms with E-state index in [1.807, 2.05) is 6.92 Å². The Balaban J connectivity index is 2.41. The second kappa shape index (κ2) is 8.91. The first kappa shape index (κ1) is 16.9. The van der Waals surface area contributed by atoms with E-state index in [2.05, 4.69) is 15.8 Å². The molecule has 0 saturated carbocycles. The van der Waals surface area contributed by atoms with Crippen LogP contribution in [0.15, 0.2) is 23.4 Å². The molecule has 1 rings (SSSR count). The van der Waals surface area contributed by atoms with E-state index >= 15 is 0 Å². The molecule has 0 fully saturated rings. The number of nitrogens with two attached hydrogens (primary N) is 1. The number of benzene rings is 1. The van der Waals surface area contributed by atoms with Gasteiger partial charge in [0.15, 0.2) is 5.84 Å². The monoisotopic (exact) mass is 296 g/mol. The van der Waals surface area contributed by atoms with Gasteiger partial charge in [-0.2, -0.15) is 0 Å². The maximum atomic E-state index is 13.8. The van der Waals surface area contributed by atoms with Crippen molar-refractivity contribution in [3.05, 3.63) is 35.1 Å². The summed E-state index contributed by atoms with van der Waals surface area (Å²) in [6.45, 7) is 3.43. The van der Waals surface area contributed by atoms with Gasteiger partial charge in [0.05, 0.1) is 0 Å². The molecule has 0 aromatic heterocycles. The van der Waals surface area contributed by atoms with Gasteiger partial charge in [-0.05, 0) is 12.5 Å². The van der Waals surface area contributed by atoms with Crippen molar-refractivity contribution in [2.45, 2.75) is 26.3 Å². The van der Waals surface area contributed by atoms with Gasteiger partial charge in [0, 0.05) is 37.2 Å². The van der Waals surface area contributed by atoms with Crippen LogP contribution in [0, 0.1) is 5.82 Å². The van der Waals surface area contributed by atoms with Crippen LogP contribution in [-0.2, 0) is 11.3 Å². The van der Waals surface area contributed by atoms with Gasteiger partial charge in [0.2, 0.25) is 5.91 Å². The number of carbonyl (C=O) groups is 1. The number of nitrogens with one attached hydrogen (secondary N) is 2. The molecule has 21 heavy (non-hydrogen) atoms. The van der Waals surface area contributed by atoms with Gasteiger partial charge >= 0.3 is 0 Å². The van der Waals surface area contributed by atoms with Crippen LogP contribution in [0.3, 0.4) is 0 Å². The Labute approximate surface area is 123 Å². The second-order valence-corrected chi connectivity index (χ2v) is 4.57. The highest BCUT2D eigenvalue weighted by molar-refractivity contribution is 5.97. The van der Waals surface area contributed by atoms with Crippen molar-refractivity contribution in [1.82, 2.24) is 10.6 Å². The smallest absolute Gasteiger partial charge is 0.221 e. The first-order chi connectivity index (χ1) is 10.1. The number of oxime groups is 1. The first-order valence-corrected chi connectivity index (χ1v) is 6.82. The van der Waals surface area contributed by atoms with Crippen LogP contribution in [-0.4, -0.2) is 30.0 Å². The summed E-state index contributed by atoms with van der Waals surface area (Å²) in [5.41, 5.74) is 6.16. The predicted octanol–water partition coefficient (Wildman–Crippen LogP) is 0.926. The van der Waals surface area contributed by atoms with Crippen LogP contribution in [0.5, 0.6) is 0 Å². The Morgan fingerprint density at radius 2 is 2.19 bits per heavy atom. The lowest BCUT2D eigenvalue weighted by atomic mass is 10.1. The molecule has 7 heteroatoms. The summed E-state index contributed by atoms with van der Waals surface area (Å²) < 4.78 is 13.8. The lowest BCUT2D eigenvalue weighted by Gasteiger charge is -2.08. The van der Waals surface area contributed by atoms with E-state index in [1.54, 1.807) is 12.1 Å². The molecule has 0 spiro atoms. The largest absolute Gasteiger partial charge is 0.409 e. The molecule has 1 aromatic rings. The van der Waals surface area contributed by atoms with Crippen molar-refractivity contribution < 1.29 is 14.4 Å². The van der Waals surface area contributed by atoms with E-state index in [4.69, 9.17) is 10.9 Å². The molecule has 0 aliphatic carbocycles. The number of amides is 1. The first-order valence-electron chi connectivity index (χ1n) is 6.82. The van der Waals surface area contributed by atoms with Crippen LogP contribution in [0.4, 0.5) is 4.39 Å². The molecule has 6 nitrogen and oxygen atoms in total. The van der Waals surface area contributed by atoms with Crippen LogP contribution in [0.2, 0.25) is 0 Å². The highest BCUT2D eigenvalue weighted by Crippen LogP contribution is 2.10. The van der Waals surface area contributed by atoms with Crippen LogP contribution in [0.1, 0.15) is 30.9 Å². The molecule has 0 atom stereocenters. The number of hydrogen-bond acceptors (Lipinski definition) is 4. The van der Waals surface area contributed by atoms with Gasteiger partial charge in [-0.15, -0.1) is 0 Å². The van der Waals surface area contributed by atoms with Gasteiger partial charge in [-0.3, -0.25) is 4.79 Å². The second-order valence-electron chi connectivity index (χ2n) is 4.57. The van der Waals surface area contributed by atoms with E-state index in [0.717, 1.165) is 6.42 Å². The van der Waals surface area contributed by atoms with Crippen molar-refractivity contribution in [2.24, 2.45) is 10.9 Å². The zero-order valence-electron chi connectivity index (χ0n) is 12.0. The number of halogens is 1. The lowest BCUT2D eigenvalue weighted by Crippen LogP contribution is -2.28. The molecule has 0 heterocycles. The molecule has 0 aliphatic rings. The summed E-state index contributed by atoms with van der Waals surface area (Å²) in [5.74, 6) is -0.602. The topological polar surface area (TPSA) is 99.7 Å². The van der Waals surface area contributed by atoms with Crippen molar-refractivity contribution in [2.75, 3.05) is 13.1 Å². The van der Waals surface area contributed by atoms with Crippen molar-refractivity contribution in [1.29, 1.82) is 0 Å². The van der Waals surface area contributed by atoms with Crippen LogP contribution >= 0.6 is 0 Å². The summed E-state index contributed by atoms with van der Waals surface area (Å²) in [5, 5.41) is 17.1. The third-order valence-electron chi connectivity index (χ3n) is 2.87. The molecule has 5 N–H and O–H groups in total. The van der Waals surface area contributed by atoms with Crippen molar-refractivity contribution >= 4 is 11.7 Å². The van der Waals surface area contributed by atoms with Crippen LogP contribution < -0.4 is 16.4 Å². The minimum atomic E-state index is -0.443. The summed E-state index contributed by atoms with van der Waals surface area (Å²) >= 11 is 0. The highest BCUT2D eigenvalue weighted by Gasteiger charge is 2.06. The zero-order valence-corrected chi connectivity index (χ0v) is 12.0. The number of carbonyl (C=O) groups excluding carboxylic acids is 1. The van der Waals surface area contributed by atoms with E-state index < -0.39 is 5.82 Å². The molecular weight excluding hydrogens is 275 g/mol. The number of hydrogen-bond donors (Lipinski definition) is 4. The fraction of sp³-hybridized carbons (Fsp3) is 0.429. The molecule has 1 aromatic carbocycles. The highest BCUT2D eigenvalue weighted by atomic mass is 19.1. The number of nitrogens with zero attached hydrogens (tertiary/aromatic N) is 1. The summed E-state index contributed by atoms with van der Waals surface area (Å²) in [4.78, 5) is 11.4. The van der Waals surface area contributed by atoms with E-state index in [1.165, 1.54) is 6.07 Å². The van der Waals surface area contributed by atoms with Crippen molar-refractivity contribution in [3.8, 4) is 0 Å². The average Bonchev–Trinajstić information content (AvgIpc) is 2.49. The normalized spacial score (nSPS) is 11.4. The van der Waals surface area contributed by atoms with Gasteiger partial charge < -0.3 is 21.6 Å². The maximum absolute atomic E-state index is 13.8. The van der Waals surface area contributed by atoms with E-state index in [-0.39, 0.29) is 11.7 Å². The minimum Gasteiger partial charge on any atom is -0.409 e. The molecule has 0 saturated heterocycles. The maximum Gasteiger partial charge on any atom is 0.221 e. The van der Waals surface area contributed by atoms with Crippen LogP contribution in [0.25, 0.3) is 0 Å². The molecular formula is C14H21FN4O2. The Bertz CT molecular complexity index is 506. The van der Waals surface area contributed by atoms with E-state index in [0.29, 0.717) is 37.2 Å². The third kappa shape index (κ3) is 5.78.